The van der Waals surface area contributed by atoms with Crippen LogP contribution in [0.15, 0.2) is 0 Å². The van der Waals surface area contributed by atoms with Crippen LogP contribution >= 0.6 is 11.3 Å². The van der Waals surface area contributed by atoms with Crippen molar-refractivity contribution in [3.8, 4) is 0 Å². The molecular formula is C14H24N4S. The van der Waals surface area contributed by atoms with Crippen LogP contribution in [0, 0.1) is 0 Å². The predicted octanol–water partition coefficient (Wildman–Crippen LogP) is 1.84. The maximum atomic E-state index is 5.83. The highest BCUT2D eigenvalue weighted by Gasteiger charge is 2.29. The molecule has 1 aromatic heterocycles. The van der Waals surface area contributed by atoms with Gasteiger partial charge in [-0.15, -0.1) is 11.3 Å². The number of nitrogens with two attached hydrogens (primary N) is 1. The molecule has 1 unspecified atom stereocenters. The summed E-state index contributed by atoms with van der Waals surface area (Å²) >= 11 is 1.81. The molecule has 1 aromatic rings. The van der Waals surface area contributed by atoms with Crippen molar-refractivity contribution in [3.63, 3.8) is 0 Å². The van der Waals surface area contributed by atoms with E-state index in [2.05, 4.69) is 16.7 Å². The topological polar surface area (TPSA) is 45.4 Å². The van der Waals surface area contributed by atoms with E-state index in [4.69, 9.17) is 10.7 Å². The second-order valence-corrected chi connectivity index (χ2v) is 6.62. The zero-order valence-corrected chi connectivity index (χ0v) is 12.6. The third-order valence-electron chi connectivity index (χ3n) is 4.36. The number of rotatable bonds is 3. The number of aromatic nitrogens is 1. The number of anilines is 1. The number of fused-ring (bicyclic) bond motifs is 1. The van der Waals surface area contributed by atoms with Crippen LogP contribution in [0.3, 0.4) is 0 Å². The van der Waals surface area contributed by atoms with Crippen LogP contribution in [-0.2, 0) is 13.0 Å². The van der Waals surface area contributed by atoms with Crippen LogP contribution in [0.1, 0.15) is 36.8 Å². The molecule has 2 aliphatic rings. The molecule has 3 heterocycles. The van der Waals surface area contributed by atoms with E-state index >= 15 is 0 Å². The van der Waals surface area contributed by atoms with Crippen molar-refractivity contribution in [2.75, 3.05) is 31.1 Å². The van der Waals surface area contributed by atoms with Gasteiger partial charge in [0.2, 0.25) is 0 Å². The number of hydrogen-bond donors (Lipinski definition) is 1. The van der Waals surface area contributed by atoms with Crippen LogP contribution in [0.25, 0.3) is 0 Å². The maximum absolute atomic E-state index is 5.83. The van der Waals surface area contributed by atoms with Crippen molar-refractivity contribution in [1.29, 1.82) is 0 Å². The Bertz CT molecular complexity index is 410. The maximum Gasteiger partial charge on any atom is 0.185 e. The zero-order chi connectivity index (χ0) is 13.2. The van der Waals surface area contributed by atoms with Gasteiger partial charge in [-0.2, -0.15) is 0 Å². The quantitative estimate of drug-likeness (QED) is 0.917. The Balaban J connectivity index is 1.78. The van der Waals surface area contributed by atoms with Crippen LogP contribution in [0.2, 0.25) is 0 Å². The highest BCUT2D eigenvalue weighted by molar-refractivity contribution is 7.15. The molecule has 19 heavy (non-hydrogen) atoms. The van der Waals surface area contributed by atoms with Gasteiger partial charge < -0.3 is 10.6 Å². The summed E-state index contributed by atoms with van der Waals surface area (Å²) in [5, 5.41) is 1.20. The fourth-order valence-corrected chi connectivity index (χ4v) is 4.38. The van der Waals surface area contributed by atoms with E-state index in [-0.39, 0.29) is 0 Å². The lowest BCUT2D eigenvalue weighted by atomic mass is 10.2. The summed E-state index contributed by atoms with van der Waals surface area (Å²) in [5.74, 6) is 0. The first-order chi connectivity index (χ1) is 9.31. The summed E-state index contributed by atoms with van der Waals surface area (Å²) in [5.41, 5.74) is 7.03. The molecule has 0 amide bonds. The van der Waals surface area contributed by atoms with Gasteiger partial charge in [0.1, 0.15) is 0 Å². The van der Waals surface area contributed by atoms with Crippen molar-refractivity contribution in [1.82, 2.24) is 9.88 Å². The van der Waals surface area contributed by atoms with Crippen LogP contribution < -0.4 is 10.6 Å². The van der Waals surface area contributed by atoms with E-state index in [0.717, 1.165) is 25.6 Å². The van der Waals surface area contributed by atoms with Crippen molar-refractivity contribution in [2.45, 2.75) is 45.2 Å². The second-order valence-electron chi connectivity index (χ2n) is 5.56. The summed E-state index contributed by atoms with van der Waals surface area (Å²) in [6.45, 7) is 7.65. The molecule has 106 valence electrons. The number of nitrogens with zero attached hydrogens (tertiary/aromatic N) is 3. The van der Waals surface area contributed by atoms with Crippen molar-refractivity contribution in [3.05, 3.63) is 10.6 Å². The predicted molar refractivity (Wildman–Crippen MR) is 80.8 cm³/mol. The Hall–Kier alpha value is -0.650. The lowest BCUT2D eigenvalue weighted by Crippen LogP contribution is -2.36. The fourth-order valence-electron chi connectivity index (χ4n) is 3.32. The normalized spacial score (nSPS) is 24.5. The molecule has 5 heteroatoms. The largest absolute Gasteiger partial charge is 0.346 e. The Labute approximate surface area is 119 Å². The van der Waals surface area contributed by atoms with Crippen molar-refractivity contribution in [2.24, 2.45) is 5.73 Å². The van der Waals surface area contributed by atoms with E-state index < -0.39 is 0 Å². The Morgan fingerprint density at radius 1 is 1.32 bits per heavy atom. The van der Waals surface area contributed by atoms with Gasteiger partial charge >= 0.3 is 0 Å². The average Bonchev–Trinajstić information content (AvgIpc) is 3.00. The molecule has 0 saturated carbocycles. The molecule has 0 radical (unpaired) electrons. The molecule has 1 atom stereocenters. The van der Waals surface area contributed by atoms with Gasteiger partial charge in [0.15, 0.2) is 5.13 Å². The average molecular weight is 280 g/mol. The van der Waals surface area contributed by atoms with Crippen LogP contribution in [-0.4, -0.2) is 42.1 Å². The van der Waals surface area contributed by atoms with Crippen molar-refractivity contribution < 1.29 is 0 Å². The highest BCUT2D eigenvalue weighted by Crippen LogP contribution is 2.30. The minimum absolute atomic E-state index is 0.629. The summed E-state index contributed by atoms with van der Waals surface area (Å²) < 4.78 is 0. The summed E-state index contributed by atoms with van der Waals surface area (Å²) in [4.78, 5) is 11.3. The van der Waals surface area contributed by atoms with Gasteiger partial charge in [0.05, 0.1) is 5.69 Å². The Morgan fingerprint density at radius 3 is 2.89 bits per heavy atom. The first-order valence-corrected chi connectivity index (χ1v) is 8.31. The van der Waals surface area contributed by atoms with Crippen LogP contribution in [0.5, 0.6) is 0 Å². The van der Waals surface area contributed by atoms with E-state index in [0.29, 0.717) is 6.54 Å². The van der Waals surface area contributed by atoms with Crippen molar-refractivity contribution >= 4 is 16.5 Å². The van der Waals surface area contributed by atoms with E-state index in [9.17, 15) is 0 Å². The molecular weight excluding hydrogens is 256 g/mol. The molecule has 0 aliphatic carbocycles. The Kier molecular flexibility index (Phi) is 4.05. The molecule has 4 nitrogen and oxygen atoms in total. The first-order valence-electron chi connectivity index (χ1n) is 7.49. The molecule has 2 N–H and O–H groups in total. The van der Waals surface area contributed by atoms with Crippen LogP contribution in [0.4, 0.5) is 5.13 Å². The van der Waals surface area contributed by atoms with E-state index in [1.54, 1.807) is 11.3 Å². The molecule has 0 bridgehead atoms. The Morgan fingerprint density at radius 2 is 2.16 bits per heavy atom. The molecule has 0 spiro atoms. The minimum Gasteiger partial charge on any atom is -0.346 e. The smallest absolute Gasteiger partial charge is 0.185 e. The second kappa shape index (κ2) is 5.77. The highest BCUT2D eigenvalue weighted by atomic mass is 32.1. The number of hydrogen-bond acceptors (Lipinski definition) is 5. The number of thiazole rings is 1. The number of aryl methyl sites for hydroxylation is 1. The molecule has 3 rings (SSSR count). The third kappa shape index (κ3) is 2.64. The lowest BCUT2D eigenvalue weighted by Gasteiger charge is -2.25. The lowest BCUT2D eigenvalue weighted by molar-refractivity contribution is 0.273. The summed E-state index contributed by atoms with van der Waals surface area (Å²) in [6.07, 6.45) is 4.97. The minimum atomic E-state index is 0.629. The fraction of sp³-hybridized carbons (Fsp3) is 0.786. The third-order valence-corrected chi connectivity index (χ3v) is 5.54. The zero-order valence-electron chi connectivity index (χ0n) is 11.8. The molecule has 0 aromatic carbocycles. The monoisotopic (exact) mass is 280 g/mol. The van der Waals surface area contributed by atoms with E-state index in [1.165, 1.54) is 48.1 Å². The van der Waals surface area contributed by atoms with Gasteiger partial charge in [0.25, 0.3) is 0 Å². The first kappa shape index (κ1) is 13.3. The van der Waals surface area contributed by atoms with Gasteiger partial charge in [-0.1, -0.05) is 6.92 Å². The SMILES string of the molecule is CCc1nc(N2CCCN3CCCC3C2)sc1CN. The van der Waals surface area contributed by atoms with E-state index in [1.807, 2.05) is 0 Å². The van der Waals surface area contributed by atoms with Gasteiger partial charge in [-0.3, -0.25) is 4.90 Å². The standard InChI is InChI=1S/C14H24N4S/c1-2-12-13(9-15)19-14(16-12)18-8-4-7-17-6-3-5-11(17)10-18/h11H,2-10,15H2,1H3. The molecule has 2 aliphatic heterocycles. The molecule has 2 saturated heterocycles. The summed E-state index contributed by atoms with van der Waals surface area (Å²) in [6, 6.07) is 0.748. The van der Waals surface area contributed by atoms with Gasteiger partial charge in [-0.25, -0.2) is 4.98 Å². The van der Waals surface area contributed by atoms with Gasteiger partial charge in [-0.05, 0) is 32.2 Å². The summed E-state index contributed by atoms with van der Waals surface area (Å²) in [7, 11) is 0. The van der Waals surface area contributed by atoms with Gasteiger partial charge in [0, 0.05) is 37.1 Å². The molecule has 2 fully saturated rings.